The highest BCUT2D eigenvalue weighted by molar-refractivity contribution is 7.99. The SMILES string of the molecule is C=C(Cl)CSc1ccc(N)cn1. The van der Waals surface area contributed by atoms with Gasteiger partial charge in [0.25, 0.3) is 0 Å². The quantitative estimate of drug-likeness (QED) is 0.763. The molecule has 0 aliphatic carbocycles. The first-order valence-electron chi connectivity index (χ1n) is 3.36. The number of aromatic nitrogens is 1. The van der Waals surface area contributed by atoms with Gasteiger partial charge in [0.1, 0.15) is 0 Å². The van der Waals surface area contributed by atoms with Crippen molar-refractivity contribution in [1.82, 2.24) is 4.98 Å². The molecule has 4 heteroatoms. The summed E-state index contributed by atoms with van der Waals surface area (Å²) in [5, 5.41) is 1.53. The van der Waals surface area contributed by atoms with E-state index in [2.05, 4.69) is 11.6 Å². The lowest BCUT2D eigenvalue weighted by Crippen LogP contribution is -1.87. The molecule has 0 aliphatic heterocycles. The van der Waals surface area contributed by atoms with Gasteiger partial charge in [0, 0.05) is 10.8 Å². The molecular formula is C8H9ClN2S. The number of rotatable bonds is 3. The average Bonchev–Trinajstić information content (AvgIpc) is 2.03. The van der Waals surface area contributed by atoms with Gasteiger partial charge in [-0.25, -0.2) is 4.98 Å². The first kappa shape index (κ1) is 9.42. The highest BCUT2D eigenvalue weighted by Crippen LogP contribution is 2.19. The maximum absolute atomic E-state index is 5.59. The van der Waals surface area contributed by atoms with Gasteiger partial charge in [-0.15, -0.1) is 11.8 Å². The third kappa shape index (κ3) is 3.15. The van der Waals surface area contributed by atoms with Crippen LogP contribution in [0.3, 0.4) is 0 Å². The molecule has 0 saturated heterocycles. The van der Waals surface area contributed by atoms with E-state index in [1.54, 1.807) is 6.20 Å². The van der Waals surface area contributed by atoms with Crippen LogP contribution in [0.2, 0.25) is 0 Å². The van der Waals surface area contributed by atoms with E-state index in [0.717, 1.165) is 5.03 Å². The Labute approximate surface area is 80.8 Å². The zero-order valence-electron chi connectivity index (χ0n) is 6.46. The Hall–Kier alpha value is -0.670. The average molecular weight is 201 g/mol. The van der Waals surface area contributed by atoms with Crippen molar-refractivity contribution >= 4 is 29.1 Å². The minimum atomic E-state index is 0.624. The van der Waals surface area contributed by atoms with Crippen LogP contribution in [-0.2, 0) is 0 Å². The summed E-state index contributed by atoms with van der Waals surface area (Å²) < 4.78 is 0. The Balaban J connectivity index is 2.53. The number of pyridine rings is 1. The van der Waals surface area contributed by atoms with Crippen LogP contribution >= 0.6 is 23.4 Å². The van der Waals surface area contributed by atoms with Gasteiger partial charge < -0.3 is 5.73 Å². The molecule has 0 atom stereocenters. The maximum atomic E-state index is 5.59. The van der Waals surface area contributed by atoms with E-state index >= 15 is 0 Å². The Morgan fingerprint density at radius 3 is 2.92 bits per heavy atom. The van der Waals surface area contributed by atoms with Crippen molar-refractivity contribution in [2.45, 2.75) is 5.03 Å². The van der Waals surface area contributed by atoms with Gasteiger partial charge >= 0.3 is 0 Å². The summed E-state index contributed by atoms with van der Waals surface area (Å²) in [5.41, 5.74) is 6.14. The molecule has 1 heterocycles. The Kier molecular flexibility index (Phi) is 3.44. The van der Waals surface area contributed by atoms with Gasteiger partial charge in [0.05, 0.1) is 16.9 Å². The van der Waals surface area contributed by atoms with Crippen LogP contribution in [0.15, 0.2) is 35.0 Å². The topological polar surface area (TPSA) is 38.9 Å². The molecule has 64 valence electrons. The molecule has 2 N–H and O–H groups in total. The van der Waals surface area contributed by atoms with Crippen LogP contribution in [-0.4, -0.2) is 10.7 Å². The Bertz CT molecular complexity index is 271. The number of nitrogen functional groups attached to an aromatic ring is 1. The molecule has 0 fully saturated rings. The number of hydrogen-bond acceptors (Lipinski definition) is 3. The summed E-state index contributed by atoms with van der Waals surface area (Å²) in [6, 6.07) is 3.67. The van der Waals surface area contributed by atoms with Crippen molar-refractivity contribution in [3.05, 3.63) is 29.9 Å². The number of nitrogens with zero attached hydrogens (tertiary/aromatic N) is 1. The van der Waals surface area contributed by atoms with Crippen molar-refractivity contribution in [3.63, 3.8) is 0 Å². The molecule has 2 nitrogen and oxygen atoms in total. The summed E-state index contributed by atoms with van der Waals surface area (Å²) in [7, 11) is 0. The van der Waals surface area contributed by atoms with Crippen molar-refractivity contribution in [2.75, 3.05) is 11.5 Å². The third-order valence-electron chi connectivity index (χ3n) is 1.14. The molecule has 1 aromatic rings. The summed E-state index contributed by atoms with van der Waals surface area (Å²) in [6.07, 6.45) is 1.62. The predicted molar refractivity (Wildman–Crippen MR) is 54.4 cm³/mol. The van der Waals surface area contributed by atoms with Gasteiger partial charge in [-0.05, 0) is 12.1 Å². The van der Waals surface area contributed by atoms with E-state index in [1.807, 2.05) is 12.1 Å². The first-order chi connectivity index (χ1) is 5.68. The fourth-order valence-corrected chi connectivity index (χ4v) is 1.39. The second kappa shape index (κ2) is 4.38. The largest absolute Gasteiger partial charge is 0.397 e. The van der Waals surface area contributed by atoms with Crippen LogP contribution in [0.4, 0.5) is 5.69 Å². The smallest absolute Gasteiger partial charge is 0.0964 e. The normalized spacial score (nSPS) is 9.75. The van der Waals surface area contributed by atoms with Crippen LogP contribution in [0.1, 0.15) is 0 Å². The van der Waals surface area contributed by atoms with E-state index < -0.39 is 0 Å². The molecule has 0 unspecified atom stereocenters. The summed E-state index contributed by atoms with van der Waals surface area (Å²) in [5.74, 6) is 0.679. The van der Waals surface area contributed by atoms with Crippen LogP contribution in [0.25, 0.3) is 0 Å². The monoisotopic (exact) mass is 200 g/mol. The van der Waals surface area contributed by atoms with Crippen LogP contribution in [0, 0.1) is 0 Å². The standard InChI is InChI=1S/C8H9ClN2S/c1-6(9)5-12-8-3-2-7(10)4-11-8/h2-4H,1,5,10H2. The minimum Gasteiger partial charge on any atom is -0.397 e. The van der Waals surface area contributed by atoms with Crippen molar-refractivity contribution < 1.29 is 0 Å². The second-order valence-corrected chi connectivity index (χ2v) is 3.77. The summed E-state index contributed by atoms with van der Waals surface area (Å²) in [4.78, 5) is 4.09. The van der Waals surface area contributed by atoms with Crippen molar-refractivity contribution in [2.24, 2.45) is 0 Å². The molecule has 0 aliphatic rings. The lowest BCUT2D eigenvalue weighted by Gasteiger charge is -1.98. The van der Waals surface area contributed by atoms with Gasteiger partial charge in [-0.2, -0.15) is 0 Å². The van der Waals surface area contributed by atoms with Gasteiger partial charge in [-0.3, -0.25) is 0 Å². The van der Waals surface area contributed by atoms with Crippen LogP contribution < -0.4 is 5.73 Å². The number of halogens is 1. The Morgan fingerprint density at radius 2 is 2.42 bits per heavy atom. The van der Waals surface area contributed by atoms with E-state index in [9.17, 15) is 0 Å². The highest BCUT2D eigenvalue weighted by atomic mass is 35.5. The zero-order valence-corrected chi connectivity index (χ0v) is 8.03. The lowest BCUT2D eigenvalue weighted by molar-refractivity contribution is 1.14. The van der Waals surface area contributed by atoms with E-state index in [-0.39, 0.29) is 0 Å². The van der Waals surface area contributed by atoms with Crippen LogP contribution in [0.5, 0.6) is 0 Å². The highest BCUT2D eigenvalue weighted by Gasteiger charge is 1.95. The zero-order chi connectivity index (χ0) is 8.97. The molecule has 0 bridgehead atoms. The molecule has 1 rings (SSSR count). The first-order valence-corrected chi connectivity index (χ1v) is 4.72. The molecule has 0 radical (unpaired) electrons. The molecule has 0 saturated carbocycles. The molecule has 0 amide bonds. The lowest BCUT2D eigenvalue weighted by atomic mass is 10.4. The predicted octanol–water partition coefficient (Wildman–Crippen LogP) is 2.51. The molecule has 0 spiro atoms. The van der Waals surface area contributed by atoms with Gasteiger partial charge in [-0.1, -0.05) is 18.2 Å². The second-order valence-electron chi connectivity index (χ2n) is 2.24. The van der Waals surface area contributed by atoms with E-state index in [4.69, 9.17) is 17.3 Å². The number of thioether (sulfide) groups is 1. The van der Waals surface area contributed by atoms with Gasteiger partial charge in [0.15, 0.2) is 0 Å². The third-order valence-corrected chi connectivity index (χ3v) is 2.46. The molecule has 0 aromatic carbocycles. The van der Waals surface area contributed by atoms with E-state index in [1.165, 1.54) is 11.8 Å². The van der Waals surface area contributed by atoms with Crippen molar-refractivity contribution in [1.29, 1.82) is 0 Å². The Morgan fingerprint density at radius 1 is 1.67 bits per heavy atom. The summed E-state index contributed by atoms with van der Waals surface area (Å²) in [6.45, 7) is 3.58. The van der Waals surface area contributed by atoms with Gasteiger partial charge in [0.2, 0.25) is 0 Å². The minimum absolute atomic E-state index is 0.624. The maximum Gasteiger partial charge on any atom is 0.0964 e. The number of hydrogen-bond donors (Lipinski definition) is 1. The number of nitrogens with two attached hydrogens (primary N) is 1. The number of anilines is 1. The van der Waals surface area contributed by atoms with Crippen molar-refractivity contribution in [3.8, 4) is 0 Å². The fraction of sp³-hybridized carbons (Fsp3) is 0.125. The molecule has 12 heavy (non-hydrogen) atoms. The molecular weight excluding hydrogens is 192 g/mol. The summed E-state index contributed by atoms with van der Waals surface area (Å²) >= 11 is 7.13. The van der Waals surface area contributed by atoms with E-state index in [0.29, 0.717) is 16.5 Å². The molecule has 1 aromatic heterocycles. The fourth-order valence-electron chi connectivity index (χ4n) is 0.629.